The van der Waals surface area contributed by atoms with Gasteiger partial charge in [-0.2, -0.15) is 0 Å². The number of aldehydes is 1. The molecule has 0 aromatic rings. The van der Waals surface area contributed by atoms with Crippen LogP contribution in [0.5, 0.6) is 0 Å². The molecule has 0 bridgehead atoms. The Morgan fingerprint density at radius 3 is 1.58 bits per heavy atom. The topological polar surface area (TPSA) is 97.3 Å². The van der Waals surface area contributed by atoms with Gasteiger partial charge in [0.1, 0.15) is 6.29 Å². The first-order valence-corrected chi connectivity index (χ1v) is 2.92. The second-order valence-corrected chi connectivity index (χ2v) is 1.53. The minimum absolute atomic E-state index is 0. The number of carboxylic acids is 2. The van der Waals surface area contributed by atoms with Crippen LogP contribution in [0.1, 0.15) is 19.8 Å². The van der Waals surface area contributed by atoms with E-state index in [1.54, 1.807) is 0 Å². The summed E-state index contributed by atoms with van der Waals surface area (Å²) in [5.74, 6) is -4.37. The Labute approximate surface area is 85.9 Å². The number of aliphatic carboxylic acids is 2. The SMILES string of the molecule is CCCC=O.O=C([O-])C(=O)[O-].[Mg+2]. The van der Waals surface area contributed by atoms with Crippen molar-refractivity contribution in [1.82, 2.24) is 0 Å². The Kier molecular flexibility index (Phi) is 18.9. The van der Waals surface area contributed by atoms with Gasteiger partial charge in [0.2, 0.25) is 0 Å². The number of rotatable bonds is 2. The molecule has 0 aliphatic heterocycles. The van der Waals surface area contributed by atoms with Gasteiger partial charge in [-0.1, -0.05) is 6.92 Å². The summed E-state index contributed by atoms with van der Waals surface area (Å²) in [6.45, 7) is 1.98. The summed E-state index contributed by atoms with van der Waals surface area (Å²) in [5, 5.41) is 17.9. The number of carboxylic acid groups (broad SMARTS) is 2. The van der Waals surface area contributed by atoms with E-state index < -0.39 is 11.9 Å². The summed E-state index contributed by atoms with van der Waals surface area (Å²) >= 11 is 0. The summed E-state index contributed by atoms with van der Waals surface area (Å²) in [4.78, 5) is 27.3. The maximum absolute atomic E-state index is 9.40. The van der Waals surface area contributed by atoms with Gasteiger partial charge in [0.15, 0.2) is 0 Å². The fraction of sp³-hybridized carbons (Fsp3) is 0.500. The van der Waals surface area contributed by atoms with Gasteiger partial charge < -0.3 is 24.6 Å². The molecule has 0 aliphatic rings. The van der Waals surface area contributed by atoms with Crippen molar-refractivity contribution in [2.75, 3.05) is 0 Å². The van der Waals surface area contributed by atoms with E-state index in [-0.39, 0.29) is 23.1 Å². The molecule has 0 saturated heterocycles. The van der Waals surface area contributed by atoms with E-state index in [1.165, 1.54) is 0 Å². The number of hydrogen-bond donors (Lipinski definition) is 0. The second kappa shape index (κ2) is 13.0. The molecule has 0 heterocycles. The summed E-state index contributed by atoms with van der Waals surface area (Å²) in [6.07, 6.45) is 2.61. The molecule has 0 rings (SSSR count). The van der Waals surface area contributed by atoms with Crippen LogP contribution in [-0.4, -0.2) is 41.3 Å². The van der Waals surface area contributed by atoms with Crippen LogP contribution in [0.25, 0.3) is 0 Å². The molecule has 0 amide bonds. The zero-order valence-electron chi connectivity index (χ0n) is 6.74. The maximum Gasteiger partial charge on any atom is 2.00 e. The molecule has 0 spiro atoms. The van der Waals surface area contributed by atoms with Gasteiger partial charge in [-0.05, 0) is 6.42 Å². The van der Waals surface area contributed by atoms with Crippen molar-refractivity contribution >= 4 is 41.3 Å². The van der Waals surface area contributed by atoms with E-state index in [1.807, 2.05) is 6.92 Å². The average molecular weight is 184 g/mol. The second-order valence-electron chi connectivity index (χ2n) is 1.53. The maximum atomic E-state index is 9.40. The molecule has 0 atom stereocenters. The Morgan fingerprint density at radius 1 is 1.25 bits per heavy atom. The van der Waals surface area contributed by atoms with Crippen LogP contribution < -0.4 is 10.2 Å². The van der Waals surface area contributed by atoms with Crippen LogP contribution in [0.3, 0.4) is 0 Å². The van der Waals surface area contributed by atoms with Gasteiger partial charge in [0.25, 0.3) is 0 Å². The molecule has 5 nitrogen and oxygen atoms in total. The van der Waals surface area contributed by atoms with Gasteiger partial charge in [-0.25, -0.2) is 0 Å². The zero-order valence-corrected chi connectivity index (χ0v) is 8.15. The molecule has 0 N–H and O–H groups in total. The molecule has 64 valence electrons. The molecule has 0 aromatic carbocycles. The van der Waals surface area contributed by atoms with E-state index in [9.17, 15) is 4.79 Å². The standard InChI is InChI=1S/C4H8O.C2H2O4.Mg/c1-2-3-4-5;3-1(4)2(5)6;/h4H,2-3H2,1H3;(H,3,4)(H,5,6);/q;;+2/p-2. The Bertz CT molecular complexity index is 133. The summed E-state index contributed by atoms with van der Waals surface area (Å²) < 4.78 is 0. The van der Waals surface area contributed by atoms with E-state index in [0.29, 0.717) is 6.42 Å². The van der Waals surface area contributed by atoms with Gasteiger partial charge in [0.05, 0.1) is 11.9 Å². The molecule has 0 aliphatic carbocycles. The molecule has 12 heavy (non-hydrogen) atoms. The number of carbonyl (C=O) groups is 3. The molecular formula is C6H8MgO5. The summed E-state index contributed by atoms with van der Waals surface area (Å²) in [6, 6.07) is 0. The van der Waals surface area contributed by atoms with E-state index in [0.717, 1.165) is 12.7 Å². The zero-order chi connectivity index (χ0) is 9.28. The quantitative estimate of drug-likeness (QED) is 0.260. The van der Waals surface area contributed by atoms with Crippen molar-refractivity contribution in [3.63, 3.8) is 0 Å². The van der Waals surface area contributed by atoms with Gasteiger partial charge in [-0.15, -0.1) is 0 Å². The molecule has 6 heteroatoms. The molecule has 0 aromatic heterocycles. The smallest absolute Gasteiger partial charge is 0.543 e. The van der Waals surface area contributed by atoms with Crippen LogP contribution in [0, 0.1) is 0 Å². The van der Waals surface area contributed by atoms with Crippen LogP contribution in [-0.2, 0) is 14.4 Å². The van der Waals surface area contributed by atoms with E-state index in [4.69, 9.17) is 19.8 Å². The first-order valence-electron chi connectivity index (χ1n) is 2.92. The summed E-state index contributed by atoms with van der Waals surface area (Å²) in [7, 11) is 0. The van der Waals surface area contributed by atoms with Crippen molar-refractivity contribution in [3.8, 4) is 0 Å². The first-order chi connectivity index (χ1) is 5.06. The Balaban J connectivity index is -0.000000126. The molecule has 0 radical (unpaired) electrons. The van der Waals surface area contributed by atoms with Crippen molar-refractivity contribution in [3.05, 3.63) is 0 Å². The Hall–Kier alpha value is -0.624. The van der Waals surface area contributed by atoms with Gasteiger partial charge in [0, 0.05) is 6.42 Å². The molecular weight excluding hydrogens is 176 g/mol. The van der Waals surface area contributed by atoms with Crippen molar-refractivity contribution < 1.29 is 24.6 Å². The predicted molar refractivity (Wildman–Crippen MR) is 36.7 cm³/mol. The van der Waals surface area contributed by atoms with Crippen molar-refractivity contribution in [2.24, 2.45) is 0 Å². The fourth-order valence-electron chi connectivity index (χ4n) is 0.118. The third-order valence-electron chi connectivity index (χ3n) is 0.573. The van der Waals surface area contributed by atoms with Crippen LogP contribution >= 0.6 is 0 Å². The third-order valence-corrected chi connectivity index (χ3v) is 0.573. The molecule has 0 saturated carbocycles. The molecule has 0 fully saturated rings. The minimum atomic E-state index is -2.19. The average Bonchev–Trinajstić information content (AvgIpc) is 1.90. The largest absolute Gasteiger partial charge is 2.00 e. The summed E-state index contributed by atoms with van der Waals surface area (Å²) in [5.41, 5.74) is 0. The van der Waals surface area contributed by atoms with Crippen LogP contribution in [0.2, 0.25) is 0 Å². The number of unbranched alkanes of at least 4 members (excludes halogenated alkanes) is 1. The molecule has 0 unspecified atom stereocenters. The Morgan fingerprint density at radius 2 is 1.58 bits per heavy atom. The van der Waals surface area contributed by atoms with Crippen molar-refractivity contribution in [2.45, 2.75) is 19.8 Å². The van der Waals surface area contributed by atoms with Crippen LogP contribution in [0.15, 0.2) is 0 Å². The number of hydrogen-bond acceptors (Lipinski definition) is 5. The predicted octanol–water partition coefficient (Wildman–Crippen LogP) is -2.91. The minimum Gasteiger partial charge on any atom is -0.543 e. The van der Waals surface area contributed by atoms with E-state index >= 15 is 0 Å². The third kappa shape index (κ3) is 22.8. The normalized spacial score (nSPS) is 6.75. The first kappa shape index (κ1) is 17.5. The van der Waals surface area contributed by atoms with E-state index in [2.05, 4.69) is 0 Å². The fourth-order valence-corrected chi connectivity index (χ4v) is 0.118. The van der Waals surface area contributed by atoms with Crippen molar-refractivity contribution in [1.29, 1.82) is 0 Å². The number of carbonyl (C=O) groups excluding carboxylic acids is 3. The monoisotopic (exact) mass is 184 g/mol. The van der Waals surface area contributed by atoms with Crippen LogP contribution in [0.4, 0.5) is 0 Å². The van der Waals surface area contributed by atoms with Gasteiger partial charge in [-0.3, -0.25) is 0 Å². The van der Waals surface area contributed by atoms with Gasteiger partial charge >= 0.3 is 23.1 Å².